The number of carbonyl (C=O) groups is 2. The summed E-state index contributed by atoms with van der Waals surface area (Å²) in [6, 6.07) is 12.5. The van der Waals surface area contributed by atoms with E-state index in [4.69, 9.17) is 16.3 Å². The number of rotatable bonds is 3. The third-order valence-corrected chi connectivity index (χ3v) is 4.54. The fourth-order valence-electron chi connectivity index (χ4n) is 3.07. The molecule has 0 bridgehead atoms. The molecule has 0 aromatic heterocycles. The van der Waals surface area contributed by atoms with E-state index < -0.39 is 11.4 Å². The average molecular weight is 330 g/mol. The molecule has 0 saturated heterocycles. The molecule has 2 aromatic carbocycles. The largest absolute Gasteiger partial charge is 0.465 e. The van der Waals surface area contributed by atoms with Gasteiger partial charge in [0, 0.05) is 16.3 Å². The highest BCUT2D eigenvalue weighted by atomic mass is 35.5. The fraction of sp³-hybridized carbons (Fsp3) is 0.222. The summed E-state index contributed by atoms with van der Waals surface area (Å²) in [5.74, 6) is -0.490. The molecule has 1 N–H and O–H groups in total. The van der Waals surface area contributed by atoms with Crippen LogP contribution in [0.1, 0.15) is 28.4 Å². The third-order valence-electron chi connectivity index (χ3n) is 4.22. The van der Waals surface area contributed by atoms with E-state index in [1.807, 2.05) is 25.1 Å². The molecule has 0 radical (unpaired) electrons. The van der Waals surface area contributed by atoms with Crippen molar-refractivity contribution >= 4 is 29.2 Å². The second-order valence-corrected chi connectivity index (χ2v) is 6.22. The van der Waals surface area contributed by atoms with Crippen LogP contribution in [0.4, 0.5) is 5.69 Å². The average Bonchev–Trinajstić information content (AvgIpc) is 2.78. The van der Waals surface area contributed by atoms with Gasteiger partial charge in [-0.15, -0.1) is 0 Å². The highest BCUT2D eigenvalue weighted by Crippen LogP contribution is 2.43. The van der Waals surface area contributed by atoms with Crippen molar-refractivity contribution in [2.75, 3.05) is 12.4 Å². The Morgan fingerprint density at radius 3 is 2.74 bits per heavy atom. The standard InChI is InChI=1S/C18H16ClNO3/c1-18(10-11-5-3-6-12(9-11)16(21)23-2)15-13(19)7-4-8-14(15)20-17(18)22/h3-9H,10H2,1-2H3,(H,20,22). The molecular weight excluding hydrogens is 314 g/mol. The van der Waals surface area contributed by atoms with Crippen molar-refractivity contribution in [3.63, 3.8) is 0 Å². The molecule has 0 spiro atoms. The van der Waals surface area contributed by atoms with Gasteiger partial charge >= 0.3 is 5.97 Å². The number of hydrogen-bond acceptors (Lipinski definition) is 3. The summed E-state index contributed by atoms with van der Waals surface area (Å²) >= 11 is 6.32. The number of fused-ring (bicyclic) bond motifs is 1. The number of amides is 1. The maximum Gasteiger partial charge on any atom is 0.337 e. The van der Waals surface area contributed by atoms with Gasteiger partial charge in [0.1, 0.15) is 0 Å². The molecular formula is C18H16ClNO3. The van der Waals surface area contributed by atoms with Crippen LogP contribution in [0.3, 0.4) is 0 Å². The van der Waals surface area contributed by atoms with Gasteiger partial charge in [0.05, 0.1) is 18.1 Å². The van der Waals surface area contributed by atoms with Gasteiger partial charge in [-0.25, -0.2) is 4.79 Å². The van der Waals surface area contributed by atoms with E-state index in [9.17, 15) is 9.59 Å². The Morgan fingerprint density at radius 2 is 2.00 bits per heavy atom. The summed E-state index contributed by atoms with van der Waals surface area (Å²) in [5.41, 5.74) is 2.11. The molecule has 1 heterocycles. The lowest BCUT2D eigenvalue weighted by Gasteiger charge is -2.23. The highest BCUT2D eigenvalue weighted by molar-refractivity contribution is 6.33. The van der Waals surface area contributed by atoms with E-state index in [1.54, 1.807) is 24.3 Å². The number of hydrogen-bond donors (Lipinski definition) is 1. The molecule has 1 unspecified atom stereocenters. The maximum absolute atomic E-state index is 12.5. The lowest BCUT2D eigenvalue weighted by molar-refractivity contribution is -0.120. The monoisotopic (exact) mass is 329 g/mol. The van der Waals surface area contributed by atoms with Gasteiger partial charge in [0.15, 0.2) is 0 Å². The van der Waals surface area contributed by atoms with Gasteiger partial charge in [0.2, 0.25) is 5.91 Å². The number of halogens is 1. The summed E-state index contributed by atoms with van der Waals surface area (Å²) in [5, 5.41) is 3.45. The molecule has 3 rings (SSSR count). The Labute approximate surface area is 139 Å². The zero-order valence-electron chi connectivity index (χ0n) is 12.9. The minimum Gasteiger partial charge on any atom is -0.465 e. The minimum absolute atomic E-state index is 0.0935. The Hall–Kier alpha value is -2.33. The first-order valence-corrected chi connectivity index (χ1v) is 7.61. The van der Waals surface area contributed by atoms with Crippen LogP contribution in [0.2, 0.25) is 5.02 Å². The molecule has 1 amide bonds. The zero-order valence-corrected chi connectivity index (χ0v) is 13.6. The predicted molar refractivity (Wildman–Crippen MR) is 88.9 cm³/mol. The van der Waals surface area contributed by atoms with Crippen molar-refractivity contribution in [1.82, 2.24) is 0 Å². The van der Waals surface area contributed by atoms with E-state index in [1.165, 1.54) is 7.11 Å². The molecule has 1 atom stereocenters. The van der Waals surface area contributed by atoms with Crippen molar-refractivity contribution < 1.29 is 14.3 Å². The molecule has 0 fully saturated rings. The van der Waals surface area contributed by atoms with Crippen LogP contribution in [0.15, 0.2) is 42.5 Å². The number of nitrogens with one attached hydrogen (secondary N) is 1. The lowest BCUT2D eigenvalue weighted by atomic mass is 9.78. The summed E-state index contributed by atoms with van der Waals surface area (Å²) in [7, 11) is 1.34. The molecule has 1 aliphatic heterocycles. The summed E-state index contributed by atoms with van der Waals surface area (Å²) in [6.07, 6.45) is 0.445. The highest BCUT2D eigenvalue weighted by Gasteiger charge is 2.44. The van der Waals surface area contributed by atoms with E-state index in [2.05, 4.69) is 5.32 Å². The number of ether oxygens (including phenoxy) is 1. The Balaban J connectivity index is 2.00. The van der Waals surface area contributed by atoms with Crippen LogP contribution in [-0.4, -0.2) is 19.0 Å². The first kappa shape index (κ1) is 15.6. The van der Waals surface area contributed by atoms with Crippen molar-refractivity contribution in [2.45, 2.75) is 18.8 Å². The molecule has 118 valence electrons. The second-order valence-electron chi connectivity index (χ2n) is 5.82. The zero-order chi connectivity index (χ0) is 16.6. The van der Waals surface area contributed by atoms with Gasteiger partial charge in [0.25, 0.3) is 0 Å². The van der Waals surface area contributed by atoms with Crippen molar-refractivity contribution in [3.8, 4) is 0 Å². The van der Waals surface area contributed by atoms with E-state index in [0.29, 0.717) is 17.0 Å². The van der Waals surface area contributed by atoms with Crippen LogP contribution in [0, 0.1) is 0 Å². The number of esters is 1. The van der Waals surface area contributed by atoms with Crippen LogP contribution >= 0.6 is 11.6 Å². The van der Waals surface area contributed by atoms with Crippen molar-refractivity contribution in [1.29, 1.82) is 0 Å². The molecule has 5 heteroatoms. The topological polar surface area (TPSA) is 55.4 Å². The third kappa shape index (κ3) is 2.59. The second kappa shape index (κ2) is 5.70. The van der Waals surface area contributed by atoms with Gasteiger partial charge < -0.3 is 10.1 Å². The minimum atomic E-state index is -0.775. The Bertz CT molecular complexity index is 803. The maximum atomic E-state index is 12.5. The number of methoxy groups -OCH3 is 1. The quantitative estimate of drug-likeness (QED) is 0.876. The van der Waals surface area contributed by atoms with Crippen LogP contribution in [-0.2, 0) is 21.4 Å². The molecule has 0 aliphatic carbocycles. The summed E-state index contributed by atoms with van der Waals surface area (Å²) in [4.78, 5) is 24.2. The number of anilines is 1. The number of carbonyl (C=O) groups excluding carboxylic acids is 2. The van der Waals surface area contributed by atoms with E-state index in [0.717, 1.165) is 16.8 Å². The van der Waals surface area contributed by atoms with Gasteiger partial charge in [-0.1, -0.05) is 29.8 Å². The Morgan fingerprint density at radius 1 is 1.26 bits per heavy atom. The predicted octanol–water partition coefficient (Wildman–Crippen LogP) is 3.58. The molecule has 1 aliphatic rings. The van der Waals surface area contributed by atoms with Gasteiger partial charge in [-0.05, 0) is 43.2 Å². The van der Waals surface area contributed by atoms with Crippen LogP contribution in [0.5, 0.6) is 0 Å². The van der Waals surface area contributed by atoms with Gasteiger partial charge in [-0.3, -0.25) is 4.79 Å². The Kier molecular flexibility index (Phi) is 3.86. The first-order valence-electron chi connectivity index (χ1n) is 7.23. The van der Waals surface area contributed by atoms with E-state index >= 15 is 0 Å². The molecule has 2 aromatic rings. The SMILES string of the molecule is COC(=O)c1cccc(CC2(C)C(=O)Nc3cccc(Cl)c32)c1. The first-order chi connectivity index (χ1) is 11.0. The van der Waals surface area contributed by atoms with Crippen LogP contribution in [0.25, 0.3) is 0 Å². The van der Waals surface area contributed by atoms with Crippen molar-refractivity contribution in [2.24, 2.45) is 0 Å². The van der Waals surface area contributed by atoms with E-state index in [-0.39, 0.29) is 5.91 Å². The molecule has 0 saturated carbocycles. The normalized spacial score (nSPS) is 19.2. The summed E-state index contributed by atoms with van der Waals surface area (Å²) < 4.78 is 4.74. The molecule has 23 heavy (non-hydrogen) atoms. The van der Waals surface area contributed by atoms with Gasteiger partial charge in [-0.2, -0.15) is 0 Å². The number of benzene rings is 2. The lowest BCUT2D eigenvalue weighted by Crippen LogP contribution is -2.33. The van der Waals surface area contributed by atoms with Crippen molar-refractivity contribution in [3.05, 3.63) is 64.2 Å². The van der Waals surface area contributed by atoms with Crippen LogP contribution < -0.4 is 5.32 Å². The molecule has 4 nitrogen and oxygen atoms in total. The summed E-state index contributed by atoms with van der Waals surface area (Å²) in [6.45, 7) is 1.87. The fourth-order valence-corrected chi connectivity index (χ4v) is 3.45. The smallest absolute Gasteiger partial charge is 0.337 e.